The number of nitrogens with one attached hydrogen (secondary N) is 2. The second kappa shape index (κ2) is 6.62. The Kier molecular flexibility index (Phi) is 4.39. The maximum absolute atomic E-state index is 11.4. The molecule has 2 aromatic rings. The normalized spacial score (nSPS) is 15.4. The van der Waals surface area contributed by atoms with Crippen molar-refractivity contribution in [3.05, 3.63) is 71.8 Å². The molecule has 1 aliphatic rings. The van der Waals surface area contributed by atoms with Crippen molar-refractivity contribution in [2.24, 2.45) is 0 Å². The highest BCUT2D eigenvalue weighted by atomic mass is 16.2. The van der Waals surface area contributed by atoms with Gasteiger partial charge in [-0.15, -0.1) is 0 Å². The number of amides is 2. The lowest BCUT2D eigenvalue weighted by Gasteiger charge is -2.44. The van der Waals surface area contributed by atoms with E-state index in [-0.39, 0.29) is 18.1 Å². The molecule has 0 spiro atoms. The van der Waals surface area contributed by atoms with Crippen LogP contribution in [0.1, 0.15) is 17.2 Å². The van der Waals surface area contributed by atoms with E-state index < -0.39 is 0 Å². The Labute approximate surface area is 131 Å². The molecule has 22 heavy (non-hydrogen) atoms. The summed E-state index contributed by atoms with van der Waals surface area (Å²) in [4.78, 5) is 13.8. The number of likely N-dealkylation sites (tertiary alicyclic amines) is 1. The molecule has 0 aromatic heterocycles. The van der Waals surface area contributed by atoms with Gasteiger partial charge in [-0.1, -0.05) is 60.7 Å². The monoisotopic (exact) mass is 295 g/mol. The van der Waals surface area contributed by atoms with Gasteiger partial charge in [0, 0.05) is 20.1 Å². The van der Waals surface area contributed by atoms with Gasteiger partial charge in [-0.3, -0.25) is 4.90 Å². The third-order valence-corrected chi connectivity index (χ3v) is 4.07. The van der Waals surface area contributed by atoms with E-state index in [2.05, 4.69) is 64.1 Å². The van der Waals surface area contributed by atoms with Crippen LogP contribution in [0.5, 0.6) is 0 Å². The number of urea groups is 1. The van der Waals surface area contributed by atoms with E-state index in [9.17, 15) is 4.79 Å². The standard InChI is InChI=1S/C18H21N3O/c1-19-18(22)20-16-12-21(13-16)17(14-8-4-2-5-9-14)15-10-6-3-7-11-15/h2-11,16-17H,12-13H2,1H3,(H2,19,20,22). The smallest absolute Gasteiger partial charge is 0.314 e. The highest BCUT2D eigenvalue weighted by Crippen LogP contribution is 2.32. The van der Waals surface area contributed by atoms with Crippen LogP contribution in [0.3, 0.4) is 0 Å². The first kappa shape index (κ1) is 14.6. The first-order chi connectivity index (χ1) is 10.8. The maximum atomic E-state index is 11.4. The number of hydrogen-bond donors (Lipinski definition) is 2. The molecule has 114 valence electrons. The van der Waals surface area contributed by atoms with Crippen molar-refractivity contribution in [2.75, 3.05) is 20.1 Å². The molecule has 0 saturated carbocycles. The average Bonchev–Trinajstić information content (AvgIpc) is 2.54. The lowest BCUT2D eigenvalue weighted by Crippen LogP contribution is -2.61. The Bertz CT molecular complexity index is 569. The van der Waals surface area contributed by atoms with Crippen molar-refractivity contribution in [1.29, 1.82) is 0 Å². The Morgan fingerprint density at radius 1 is 1.00 bits per heavy atom. The highest BCUT2D eigenvalue weighted by Gasteiger charge is 2.34. The lowest BCUT2D eigenvalue weighted by molar-refractivity contribution is 0.0974. The molecule has 3 rings (SSSR count). The molecule has 0 unspecified atom stereocenters. The van der Waals surface area contributed by atoms with Crippen LogP contribution in [-0.4, -0.2) is 37.1 Å². The van der Waals surface area contributed by atoms with Crippen LogP contribution in [0, 0.1) is 0 Å². The van der Waals surface area contributed by atoms with Crippen molar-refractivity contribution in [3.8, 4) is 0 Å². The van der Waals surface area contributed by atoms with Crippen molar-refractivity contribution in [3.63, 3.8) is 0 Å². The summed E-state index contributed by atoms with van der Waals surface area (Å²) in [6, 6.07) is 21.4. The Hall–Kier alpha value is -2.33. The molecule has 1 heterocycles. The summed E-state index contributed by atoms with van der Waals surface area (Å²) in [6.07, 6.45) is 0. The zero-order valence-electron chi connectivity index (χ0n) is 12.7. The molecule has 2 aromatic carbocycles. The minimum Gasteiger partial charge on any atom is -0.341 e. The van der Waals surface area contributed by atoms with Crippen LogP contribution in [0.4, 0.5) is 4.79 Å². The van der Waals surface area contributed by atoms with Gasteiger partial charge in [0.2, 0.25) is 0 Å². The first-order valence-electron chi connectivity index (χ1n) is 7.60. The summed E-state index contributed by atoms with van der Waals surface area (Å²) in [6.45, 7) is 1.73. The Morgan fingerprint density at radius 2 is 1.50 bits per heavy atom. The van der Waals surface area contributed by atoms with Gasteiger partial charge < -0.3 is 10.6 Å². The molecule has 2 N–H and O–H groups in total. The minimum absolute atomic E-state index is 0.111. The number of carbonyl (C=O) groups excluding carboxylic acids is 1. The molecular weight excluding hydrogens is 274 g/mol. The second-order valence-corrected chi connectivity index (χ2v) is 5.60. The van der Waals surface area contributed by atoms with E-state index in [1.165, 1.54) is 11.1 Å². The van der Waals surface area contributed by atoms with Gasteiger partial charge in [0.1, 0.15) is 0 Å². The van der Waals surface area contributed by atoms with Crippen LogP contribution in [0.25, 0.3) is 0 Å². The summed E-state index contributed by atoms with van der Waals surface area (Å²) < 4.78 is 0. The third kappa shape index (κ3) is 3.12. The molecule has 0 atom stereocenters. The molecule has 0 bridgehead atoms. The molecule has 0 aliphatic carbocycles. The zero-order valence-corrected chi connectivity index (χ0v) is 12.7. The van der Waals surface area contributed by atoms with Crippen LogP contribution < -0.4 is 10.6 Å². The van der Waals surface area contributed by atoms with E-state index in [1.54, 1.807) is 7.05 Å². The third-order valence-electron chi connectivity index (χ3n) is 4.07. The van der Waals surface area contributed by atoms with Crippen molar-refractivity contribution < 1.29 is 4.79 Å². The van der Waals surface area contributed by atoms with Gasteiger partial charge in [-0.25, -0.2) is 4.79 Å². The summed E-state index contributed by atoms with van der Waals surface area (Å²) in [5, 5.41) is 5.57. The molecule has 0 radical (unpaired) electrons. The number of nitrogens with zero attached hydrogens (tertiary/aromatic N) is 1. The van der Waals surface area contributed by atoms with Gasteiger partial charge in [-0.2, -0.15) is 0 Å². The van der Waals surface area contributed by atoms with Crippen molar-refractivity contribution >= 4 is 6.03 Å². The molecule has 4 heteroatoms. The summed E-state index contributed by atoms with van der Waals surface area (Å²) in [5.74, 6) is 0. The molecule has 1 aliphatic heterocycles. The fraction of sp³-hybridized carbons (Fsp3) is 0.278. The molecule has 1 saturated heterocycles. The molecule has 2 amide bonds. The zero-order chi connectivity index (χ0) is 15.4. The Balaban J connectivity index is 1.76. The predicted octanol–water partition coefficient (Wildman–Crippen LogP) is 2.39. The fourth-order valence-corrected chi connectivity index (χ4v) is 2.96. The van der Waals surface area contributed by atoms with E-state index in [0.717, 1.165) is 13.1 Å². The average molecular weight is 295 g/mol. The fourth-order valence-electron chi connectivity index (χ4n) is 2.96. The second-order valence-electron chi connectivity index (χ2n) is 5.60. The number of benzene rings is 2. The van der Waals surface area contributed by atoms with E-state index in [4.69, 9.17) is 0 Å². The number of carbonyl (C=O) groups is 1. The van der Waals surface area contributed by atoms with E-state index in [0.29, 0.717) is 0 Å². The van der Waals surface area contributed by atoms with Crippen LogP contribution >= 0.6 is 0 Å². The van der Waals surface area contributed by atoms with Gasteiger partial charge in [-0.05, 0) is 11.1 Å². The maximum Gasteiger partial charge on any atom is 0.314 e. The minimum atomic E-state index is -0.111. The van der Waals surface area contributed by atoms with E-state index in [1.807, 2.05) is 12.1 Å². The largest absolute Gasteiger partial charge is 0.341 e. The SMILES string of the molecule is CNC(=O)NC1CN(C(c2ccccc2)c2ccccc2)C1. The van der Waals surface area contributed by atoms with Gasteiger partial charge in [0.25, 0.3) is 0 Å². The van der Waals surface area contributed by atoms with Crippen LogP contribution in [-0.2, 0) is 0 Å². The van der Waals surface area contributed by atoms with Crippen LogP contribution in [0.2, 0.25) is 0 Å². The van der Waals surface area contributed by atoms with Gasteiger partial charge >= 0.3 is 6.03 Å². The van der Waals surface area contributed by atoms with Crippen molar-refractivity contribution in [2.45, 2.75) is 12.1 Å². The van der Waals surface area contributed by atoms with Crippen molar-refractivity contribution in [1.82, 2.24) is 15.5 Å². The quantitative estimate of drug-likeness (QED) is 0.909. The molecule has 1 fully saturated rings. The summed E-state index contributed by atoms with van der Waals surface area (Å²) in [7, 11) is 1.64. The summed E-state index contributed by atoms with van der Waals surface area (Å²) >= 11 is 0. The lowest BCUT2D eigenvalue weighted by atomic mass is 9.93. The molecular formula is C18H21N3O. The molecule has 4 nitrogen and oxygen atoms in total. The number of rotatable bonds is 4. The highest BCUT2D eigenvalue weighted by molar-refractivity contribution is 5.74. The number of hydrogen-bond acceptors (Lipinski definition) is 2. The van der Waals surface area contributed by atoms with Crippen LogP contribution in [0.15, 0.2) is 60.7 Å². The summed E-state index contributed by atoms with van der Waals surface area (Å²) in [5.41, 5.74) is 2.57. The van der Waals surface area contributed by atoms with Gasteiger partial charge in [0.15, 0.2) is 0 Å². The Morgan fingerprint density at radius 3 is 1.95 bits per heavy atom. The first-order valence-corrected chi connectivity index (χ1v) is 7.60. The predicted molar refractivity (Wildman–Crippen MR) is 87.7 cm³/mol. The van der Waals surface area contributed by atoms with E-state index >= 15 is 0 Å². The van der Waals surface area contributed by atoms with Gasteiger partial charge in [0.05, 0.1) is 12.1 Å². The topological polar surface area (TPSA) is 44.4 Å².